The van der Waals surface area contributed by atoms with E-state index < -0.39 is 0 Å². The Kier molecular flexibility index (Phi) is 3.10. The van der Waals surface area contributed by atoms with Crippen molar-refractivity contribution in [2.45, 2.75) is 25.4 Å². The Labute approximate surface area is 141 Å². The van der Waals surface area contributed by atoms with Crippen molar-refractivity contribution in [1.82, 2.24) is 9.88 Å². The Balaban J connectivity index is 1.60. The highest BCUT2D eigenvalue weighted by atomic mass is 16.5. The summed E-state index contributed by atoms with van der Waals surface area (Å²) in [6.07, 6.45) is 2.16. The molecule has 1 aromatic heterocycles. The van der Waals surface area contributed by atoms with Gasteiger partial charge in [0, 0.05) is 36.6 Å². The molecule has 0 fully saturated rings. The fourth-order valence-corrected chi connectivity index (χ4v) is 4.21. The third kappa shape index (κ3) is 2.12. The van der Waals surface area contributed by atoms with E-state index in [0.717, 1.165) is 37.2 Å². The number of pyridine rings is 1. The molecule has 24 heavy (non-hydrogen) atoms. The lowest BCUT2D eigenvalue weighted by Crippen LogP contribution is -2.39. The minimum absolute atomic E-state index is 0.477. The summed E-state index contributed by atoms with van der Waals surface area (Å²) in [5.41, 5.74) is 6.68. The first-order valence-corrected chi connectivity index (χ1v) is 8.60. The van der Waals surface area contributed by atoms with Gasteiger partial charge in [-0.15, -0.1) is 0 Å². The van der Waals surface area contributed by atoms with Crippen molar-refractivity contribution in [1.29, 1.82) is 0 Å². The Morgan fingerprint density at radius 3 is 2.92 bits per heavy atom. The van der Waals surface area contributed by atoms with Gasteiger partial charge >= 0.3 is 0 Å². The molecule has 120 valence electrons. The normalized spacial score (nSPS) is 19.5. The molecule has 3 aromatic rings. The fourth-order valence-electron chi connectivity index (χ4n) is 4.21. The number of nitrogens with zero attached hydrogens (tertiary/aromatic N) is 2. The molecule has 0 spiro atoms. The maximum atomic E-state index is 5.35. The summed E-state index contributed by atoms with van der Waals surface area (Å²) in [7, 11) is 1.71. The summed E-state index contributed by atoms with van der Waals surface area (Å²) in [5, 5.41) is 1.17. The van der Waals surface area contributed by atoms with Crippen LogP contribution in [0.4, 0.5) is 0 Å². The zero-order valence-electron chi connectivity index (χ0n) is 13.8. The topological polar surface area (TPSA) is 25.4 Å². The molecule has 3 heterocycles. The van der Waals surface area contributed by atoms with Gasteiger partial charge in [-0.3, -0.25) is 9.88 Å². The summed E-state index contributed by atoms with van der Waals surface area (Å²) in [5.74, 6) is 0.893. The maximum absolute atomic E-state index is 5.35. The molecule has 0 aliphatic carbocycles. The van der Waals surface area contributed by atoms with Crippen LogP contribution >= 0.6 is 0 Å². The van der Waals surface area contributed by atoms with E-state index in [-0.39, 0.29) is 0 Å². The second kappa shape index (κ2) is 5.32. The van der Waals surface area contributed by atoms with Crippen LogP contribution in [0, 0.1) is 0 Å². The van der Waals surface area contributed by atoms with Gasteiger partial charge in [-0.2, -0.15) is 0 Å². The summed E-state index contributed by atoms with van der Waals surface area (Å²) in [6.45, 7) is 2.13. The standard InChI is InChI=1S/C21H20N2O/c1-24-17-6-7-19-15(11-17)10-16-13-23-9-8-14-4-2-3-5-18(14)21(23)12-20(16)22-19/h2-7,10-11,21H,8-9,12-13H2,1H3. The number of hydrogen-bond donors (Lipinski definition) is 0. The number of hydrogen-bond acceptors (Lipinski definition) is 3. The number of fused-ring (bicyclic) bond motifs is 5. The second-order valence-corrected chi connectivity index (χ2v) is 6.79. The van der Waals surface area contributed by atoms with Crippen LogP contribution in [0.2, 0.25) is 0 Å². The highest BCUT2D eigenvalue weighted by Gasteiger charge is 2.32. The SMILES string of the molecule is COc1ccc2nc3c(cc2c1)CN1CCc2ccccc2C1C3. The first-order chi connectivity index (χ1) is 11.8. The first kappa shape index (κ1) is 14.0. The van der Waals surface area contributed by atoms with Crippen LogP contribution in [-0.2, 0) is 19.4 Å². The van der Waals surface area contributed by atoms with Gasteiger partial charge in [0.2, 0.25) is 0 Å². The van der Waals surface area contributed by atoms with Crippen molar-refractivity contribution >= 4 is 10.9 Å². The van der Waals surface area contributed by atoms with Crippen LogP contribution in [0.1, 0.15) is 28.4 Å². The summed E-state index contributed by atoms with van der Waals surface area (Å²) < 4.78 is 5.35. The highest BCUT2D eigenvalue weighted by molar-refractivity contribution is 5.81. The fraction of sp³-hybridized carbons (Fsp3) is 0.286. The van der Waals surface area contributed by atoms with E-state index in [9.17, 15) is 0 Å². The quantitative estimate of drug-likeness (QED) is 0.681. The third-order valence-corrected chi connectivity index (χ3v) is 5.47. The van der Waals surface area contributed by atoms with Crippen molar-refractivity contribution in [3.8, 4) is 5.75 Å². The molecule has 0 saturated heterocycles. The molecule has 1 unspecified atom stereocenters. The molecular weight excluding hydrogens is 296 g/mol. The molecule has 3 heteroatoms. The zero-order valence-corrected chi connectivity index (χ0v) is 13.8. The molecule has 2 aliphatic rings. The number of aromatic nitrogens is 1. The molecule has 2 aliphatic heterocycles. The number of benzene rings is 2. The van der Waals surface area contributed by atoms with Crippen LogP contribution in [-0.4, -0.2) is 23.5 Å². The minimum atomic E-state index is 0.477. The summed E-state index contributed by atoms with van der Waals surface area (Å²) >= 11 is 0. The largest absolute Gasteiger partial charge is 0.497 e. The van der Waals surface area contributed by atoms with E-state index in [1.165, 1.54) is 27.8 Å². The molecule has 0 amide bonds. The van der Waals surface area contributed by atoms with Gasteiger partial charge in [0.05, 0.1) is 12.6 Å². The highest BCUT2D eigenvalue weighted by Crippen LogP contribution is 2.38. The number of methoxy groups -OCH3 is 1. The molecule has 5 rings (SSSR count). The molecule has 0 N–H and O–H groups in total. The molecule has 0 bridgehead atoms. The molecule has 0 saturated carbocycles. The lowest BCUT2D eigenvalue weighted by Gasteiger charge is -2.41. The van der Waals surface area contributed by atoms with Crippen molar-refractivity contribution in [2.24, 2.45) is 0 Å². The Hall–Kier alpha value is -2.39. The van der Waals surface area contributed by atoms with E-state index in [1.54, 1.807) is 7.11 Å². The van der Waals surface area contributed by atoms with Crippen LogP contribution in [0.15, 0.2) is 48.5 Å². The third-order valence-electron chi connectivity index (χ3n) is 5.47. The monoisotopic (exact) mass is 316 g/mol. The van der Waals surface area contributed by atoms with Crippen LogP contribution in [0.3, 0.4) is 0 Å². The second-order valence-electron chi connectivity index (χ2n) is 6.79. The Morgan fingerprint density at radius 2 is 2.00 bits per heavy atom. The van der Waals surface area contributed by atoms with Crippen molar-refractivity contribution in [3.63, 3.8) is 0 Å². The molecule has 1 atom stereocenters. The van der Waals surface area contributed by atoms with Gasteiger partial charge in [-0.1, -0.05) is 24.3 Å². The molecule has 0 radical (unpaired) electrons. The van der Waals surface area contributed by atoms with Crippen molar-refractivity contribution in [3.05, 3.63) is 70.9 Å². The van der Waals surface area contributed by atoms with Crippen LogP contribution in [0.5, 0.6) is 5.75 Å². The minimum Gasteiger partial charge on any atom is -0.497 e. The van der Waals surface area contributed by atoms with E-state index in [0.29, 0.717) is 6.04 Å². The van der Waals surface area contributed by atoms with E-state index in [4.69, 9.17) is 9.72 Å². The van der Waals surface area contributed by atoms with Crippen LogP contribution in [0.25, 0.3) is 10.9 Å². The van der Waals surface area contributed by atoms with Gasteiger partial charge in [-0.25, -0.2) is 0 Å². The predicted molar refractivity (Wildman–Crippen MR) is 95.3 cm³/mol. The molecular formula is C21H20N2O. The van der Waals surface area contributed by atoms with E-state index in [1.807, 2.05) is 6.07 Å². The average Bonchev–Trinajstić information content (AvgIpc) is 2.64. The van der Waals surface area contributed by atoms with Gasteiger partial charge in [0.25, 0.3) is 0 Å². The lowest BCUT2D eigenvalue weighted by atomic mass is 9.86. The molecule has 2 aromatic carbocycles. The van der Waals surface area contributed by atoms with E-state index in [2.05, 4.69) is 47.4 Å². The van der Waals surface area contributed by atoms with Crippen LogP contribution < -0.4 is 4.74 Å². The first-order valence-electron chi connectivity index (χ1n) is 8.60. The number of rotatable bonds is 1. The smallest absolute Gasteiger partial charge is 0.119 e. The lowest BCUT2D eigenvalue weighted by molar-refractivity contribution is 0.159. The Bertz CT molecular complexity index is 934. The average molecular weight is 316 g/mol. The number of ether oxygens (including phenoxy) is 1. The van der Waals surface area contributed by atoms with Gasteiger partial charge in [0.1, 0.15) is 5.75 Å². The molecule has 3 nitrogen and oxygen atoms in total. The van der Waals surface area contributed by atoms with Gasteiger partial charge < -0.3 is 4.74 Å². The van der Waals surface area contributed by atoms with E-state index >= 15 is 0 Å². The summed E-state index contributed by atoms with van der Waals surface area (Å²) in [4.78, 5) is 7.58. The van der Waals surface area contributed by atoms with Crippen molar-refractivity contribution in [2.75, 3.05) is 13.7 Å². The summed E-state index contributed by atoms with van der Waals surface area (Å²) in [6, 6.07) is 17.8. The Morgan fingerprint density at radius 1 is 1.08 bits per heavy atom. The predicted octanol–water partition coefficient (Wildman–Crippen LogP) is 3.90. The maximum Gasteiger partial charge on any atom is 0.119 e. The van der Waals surface area contributed by atoms with Crippen molar-refractivity contribution < 1.29 is 4.74 Å². The van der Waals surface area contributed by atoms with Gasteiger partial charge in [-0.05, 0) is 47.4 Å². The van der Waals surface area contributed by atoms with Gasteiger partial charge in [0.15, 0.2) is 0 Å². The zero-order chi connectivity index (χ0) is 16.1.